The van der Waals surface area contributed by atoms with E-state index in [0.717, 1.165) is 12.1 Å². The van der Waals surface area contributed by atoms with Gasteiger partial charge in [-0.1, -0.05) is 6.07 Å². The molecule has 0 aliphatic rings. The van der Waals surface area contributed by atoms with Crippen LogP contribution in [0.4, 0.5) is 13.2 Å². The number of aromatic hydroxyl groups is 1. The van der Waals surface area contributed by atoms with Crippen LogP contribution in [0.2, 0.25) is 0 Å². The molecule has 0 saturated heterocycles. The van der Waals surface area contributed by atoms with Crippen LogP contribution in [0.5, 0.6) is 5.75 Å². The number of alkyl halides is 3. The number of nitriles is 2. The highest BCUT2D eigenvalue weighted by atomic mass is 19.4. The first-order valence-corrected chi connectivity index (χ1v) is 4.11. The summed E-state index contributed by atoms with van der Waals surface area (Å²) in [6.07, 6.45) is -5.13. The van der Waals surface area contributed by atoms with Crippen molar-refractivity contribution in [1.82, 2.24) is 0 Å². The van der Waals surface area contributed by atoms with E-state index in [-0.39, 0.29) is 12.0 Å². The van der Waals surface area contributed by atoms with Gasteiger partial charge in [-0.15, -0.1) is 0 Å². The van der Waals surface area contributed by atoms with Gasteiger partial charge >= 0.3 is 6.18 Å². The quantitative estimate of drug-likeness (QED) is 0.799. The molecule has 0 aliphatic carbocycles. The normalized spacial score (nSPS) is 10.6. The molecule has 0 atom stereocenters. The number of hydrogen-bond donors (Lipinski definition) is 1. The minimum absolute atomic E-state index is 0.0462. The van der Waals surface area contributed by atoms with Gasteiger partial charge in [-0.25, -0.2) is 0 Å². The second-order valence-corrected chi connectivity index (χ2v) is 2.94. The van der Waals surface area contributed by atoms with Crippen molar-refractivity contribution in [3.05, 3.63) is 28.8 Å². The monoisotopic (exact) mass is 226 g/mol. The highest BCUT2D eigenvalue weighted by molar-refractivity contribution is 5.53. The van der Waals surface area contributed by atoms with Gasteiger partial charge in [0.15, 0.2) is 0 Å². The Morgan fingerprint density at radius 3 is 2.31 bits per heavy atom. The topological polar surface area (TPSA) is 67.8 Å². The van der Waals surface area contributed by atoms with Crippen molar-refractivity contribution in [2.75, 3.05) is 0 Å². The summed E-state index contributed by atoms with van der Waals surface area (Å²) in [4.78, 5) is 0. The summed E-state index contributed by atoms with van der Waals surface area (Å²) in [6, 6.07) is 4.98. The molecule has 82 valence electrons. The van der Waals surface area contributed by atoms with Gasteiger partial charge in [0.1, 0.15) is 17.4 Å². The summed E-state index contributed by atoms with van der Waals surface area (Å²) in [5.41, 5.74) is -2.13. The fourth-order valence-electron chi connectivity index (χ4n) is 1.28. The molecule has 6 heteroatoms. The van der Waals surface area contributed by atoms with Gasteiger partial charge in [0.05, 0.1) is 18.1 Å². The zero-order valence-corrected chi connectivity index (χ0v) is 7.84. The minimum atomic E-state index is -4.82. The van der Waals surface area contributed by atoms with Crippen LogP contribution in [0.1, 0.15) is 16.7 Å². The highest BCUT2D eigenvalue weighted by Crippen LogP contribution is 2.39. The molecule has 1 aromatic rings. The average molecular weight is 226 g/mol. The third-order valence-electron chi connectivity index (χ3n) is 1.93. The Kier molecular flexibility index (Phi) is 3.05. The van der Waals surface area contributed by atoms with Crippen molar-refractivity contribution in [3.63, 3.8) is 0 Å². The molecule has 0 radical (unpaired) electrons. The van der Waals surface area contributed by atoms with E-state index >= 15 is 0 Å². The average Bonchev–Trinajstić information content (AvgIpc) is 2.18. The molecule has 0 unspecified atom stereocenters. The Labute approximate surface area is 89.0 Å². The number of phenolic OH excluding ortho intramolecular Hbond substituents is 1. The Morgan fingerprint density at radius 1 is 1.25 bits per heavy atom. The number of halogens is 3. The van der Waals surface area contributed by atoms with E-state index < -0.39 is 23.1 Å². The summed E-state index contributed by atoms with van der Waals surface area (Å²) < 4.78 is 37.6. The molecule has 0 aromatic heterocycles. The van der Waals surface area contributed by atoms with E-state index in [1.807, 2.05) is 0 Å². The van der Waals surface area contributed by atoms with Crippen LogP contribution in [0.25, 0.3) is 0 Å². The lowest BCUT2D eigenvalue weighted by atomic mass is 9.99. The molecule has 0 aliphatic heterocycles. The highest BCUT2D eigenvalue weighted by Gasteiger charge is 2.37. The van der Waals surface area contributed by atoms with E-state index in [1.165, 1.54) is 6.07 Å². The molecule has 3 nitrogen and oxygen atoms in total. The molecular weight excluding hydrogens is 221 g/mol. The van der Waals surface area contributed by atoms with Crippen LogP contribution in [0.15, 0.2) is 12.1 Å². The zero-order valence-electron chi connectivity index (χ0n) is 7.84. The second-order valence-electron chi connectivity index (χ2n) is 2.94. The molecule has 16 heavy (non-hydrogen) atoms. The first-order valence-electron chi connectivity index (χ1n) is 4.11. The smallest absolute Gasteiger partial charge is 0.421 e. The van der Waals surface area contributed by atoms with Crippen LogP contribution in [0.3, 0.4) is 0 Å². The first kappa shape index (κ1) is 11.9. The third kappa shape index (κ3) is 2.06. The van der Waals surface area contributed by atoms with Crippen molar-refractivity contribution in [1.29, 1.82) is 10.5 Å². The van der Waals surface area contributed by atoms with Crippen molar-refractivity contribution in [2.24, 2.45) is 0 Å². The summed E-state index contributed by atoms with van der Waals surface area (Å²) in [5.74, 6) is -1.01. The lowest BCUT2D eigenvalue weighted by Gasteiger charge is -2.12. The van der Waals surface area contributed by atoms with Crippen LogP contribution in [-0.2, 0) is 12.6 Å². The molecule has 0 bridgehead atoms. The molecule has 1 N–H and O–H groups in total. The Morgan fingerprint density at radius 2 is 1.88 bits per heavy atom. The largest absolute Gasteiger partial charge is 0.507 e. The number of phenols is 1. The summed E-state index contributed by atoms with van der Waals surface area (Å²) in [7, 11) is 0. The Bertz CT molecular complexity index is 495. The zero-order chi connectivity index (χ0) is 12.3. The van der Waals surface area contributed by atoms with Gasteiger partial charge < -0.3 is 5.11 Å². The minimum Gasteiger partial charge on any atom is -0.507 e. The van der Waals surface area contributed by atoms with Crippen molar-refractivity contribution < 1.29 is 18.3 Å². The number of hydrogen-bond acceptors (Lipinski definition) is 3. The number of rotatable bonds is 1. The predicted molar refractivity (Wildman–Crippen MR) is 47.1 cm³/mol. The van der Waals surface area contributed by atoms with Gasteiger partial charge in [0.2, 0.25) is 0 Å². The first-order chi connectivity index (χ1) is 7.41. The summed E-state index contributed by atoms with van der Waals surface area (Å²) in [6.45, 7) is 0. The van der Waals surface area contributed by atoms with Gasteiger partial charge in [0, 0.05) is 0 Å². The second kappa shape index (κ2) is 4.11. The van der Waals surface area contributed by atoms with Crippen LogP contribution >= 0.6 is 0 Å². The third-order valence-corrected chi connectivity index (χ3v) is 1.93. The molecule has 0 amide bonds. The van der Waals surface area contributed by atoms with Gasteiger partial charge in [0.25, 0.3) is 0 Å². The molecule has 0 fully saturated rings. The number of nitrogens with zero attached hydrogens (tertiary/aromatic N) is 2. The molecular formula is C10H5F3N2O. The van der Waals surface area contributed by atoms with Gasteiger partial charge in [-0.05, 0) is 11.6 Å². The summed E-state index contributed by atoms with van der Waals surface area (Å²) >= 11 is 0. The van der Waals surface area contributed by atoms with Crippen molar-refractivity contribution in [3.8, 4) is 17.9 Å². The fourth-order valence-corrected chi connectivity index (χ4v) is 1.28. The number of benzene rings is 1. The molecule has 1 aromatic carbocycles. The maximum Gasteiger partial charge on any atom is 0.421 e. The van der Waals surface area contributed by atoms with Crippen LogP contribution in [0, 0.1) is 22.7 Å². The maximum atomic E-state index is 12.5. The van der Waals surface area contributed by atoms with E-state index in [4.69, 9.17) is 15.6 Å². The molecule has 0 spiro atoms. The molecule has 0 saturated carbocycles. The van der Waals surface area contributed by atoms with E-state index in [0.29, 0.717) is 0 Å². The van der Waals surface area contributed by atoms with E-state index in [9.17, 15) is 13.2 Å². The maximum absolute atomic E-state index is 12.5. The van der Waals surface area contributed by atoms with Gasteiger partial charge in [-0.2, -0.15) is 23.7 Å². The van der Waals surface area contributed by atoms with Crippen molar-refractivity contribution in [2.45, 2.75) is 12.6 Å². The lowest BCUT2D eigenvalue weighted by Crippen LogP contribution is -2.10. The fraction of sp³-hybridized carbons (Fsp3) is 0.200. The SMILES string of the molecule is N#CCc1ccc(O)c(C(F)(F)F)c1C#N. The predicted octanol–water partition coefficient (Wildman–Crippen LogP) is 2.35. The Balaban J connectivity index is 3.54. The standard InChI is InChI=1S/C10H5F3N2O/c11-10(12,13)9-7(5-15)6(3-4-14)1-2-8(9)16/h1-2,16H,3H2. The van der Waals surface area contributed by atoms with Crippen molar-refractivity contribution >= 4 is 0 Å². The van der Waals surface area contributed by atoms with Gasteiger partial charge in [-0.3, -0.25) is 0 Å². The molecule has 0 heterocycles. The van der Waals surface area contributed by atoms with Crippen LogP contribution < -0.4 is 0 Å². The van der Waals surface area contributed by atoms with Crippen LogP contribution in [-0.4, -0.2) is 5.11 Å². The Hall–Kier alpha value is -2.21. The van der Waals surface area contributed by atoms with E-state index in [1.54, 1.807) is 6.07 Å². The summed E-state index contributed by atoms with van der Waals surface area (Å²) in [5, 5.41) is 26.1. The lowest BCUT2D eigenvalue weighted by molar-refractivity contribution is -0.139. The van der Waals surface area contributed by atoms with E-state index in [2.05, 4.69) is 0 Å². The molecule has 1 rings (SSSR count).